The third kappa shape index (κ3) is 7.42. The van der Waals surface area contributed by atoms with E-state index in [0.29, 0.717) is 34.9 Å². The van der Waals surface area contributed by atoms with Gasteiger partial charge in [-0.2, -0.15) is 0 Å². The van der Waals surface area contributed by atoms with Crippen LogP contribution in [0.5, 0.6) is 5.75 Å². The molecule has 3 aromatic heterocycles. The quantitative estimate of drug-likeness (QED) is 0.122. The van der Waals surface area contributed by atoms with E-state index in [2.05, 4.69) is 25.6 Å². The number of imidazole rings is 1. The van der Waals surface area contributed by atoms with E-state index in [1.807, 2.05) is 41.1 Å². The average Bonchev–Trinajstić information content (AvgIpc) is 3.61. The molecular formula is C30H26F2IN6O4S-. The Morgan fingerprint density at radius 2 is 1.84 bits per heavy atom. The van der Waals surface area contributed by atoms with Gasteiger partial charge in [0.05, 0.1) is 16.7 Å². The molecule has 10 nitrogen and oxygen atoms in total. The molecule has 0 atom stereocenters. The van der Waals surface area contributed by atoms with Crippen LogP contribution in [0.4, 0.5) is 18.7 Å². The number of nitrogens with zero attached hydrogens (tertiary/aromatic N) is 4. The Bertz CT molecular complexity index is 1820. The number of carbonyl (C=O) groups excluding carboxylic acids is 3. The van der Waals surface area contributed by atoms with Gasteiger partial charge >= 0.3 is 125 Å². The molecule has 44 heavy (non-hydrogen) atoms. The Kier molecular flexibility index (Phi) is 9.89. The summed E-state index contributed by atoms with van der Waals surface area (Å²) >= 11 is 0.352. The predicted molar refractivity (Wildman–Crippen MR) is 157 cm³/mol. The molecule has 5 aromatic rings. The van der Waals surface area contributed by atoms with Crippen molar-refractivity contribution in [1.82, 2.24) is 24.8 Å². The molecule has 0 saturated carbocycles. The van der Waals surface area contributed by atoms with Gasteiger partial charge in [0.1, 0.15) is 11.5 Å². The van der Waals surface area contributed by atoms with Crippen molar-refractivity contribution < 1.29 is 49.1 Å². The molecule has 0 saturated heterocycles. The Labute approximate surface area is 265 Å². The number of amides is 2. The van der Waals surface area contributed by atoms with Crippen LogP contribution < -0.4 is 36.6 Å². The fourth-order valence-electron chi connectivity index (χ4n) is 4.42. The number of alkyl halides is 1. The van der Waals surface area contributed by atoms with E-state index < -0.39 is 42.6 Å². The van der Waals surface area contributed by atoms with E-state index >= 15 is 0 Å². The molecule has 14 heteroatoms. The van der Waals surface area contributed by atoms with Gasteiger partial charge in [0.2, 0.25) is 0 Å². The van der Waals surface area contributed by atoms with E-state index in [1.54, 1.807) is 23.3 Å². The molecule has 2 aromatic carbocycles. The number of anilines is 1. The van der Waals surface area contributed by atoms with Gasteiger partial charge in [0.15, 0.2) is 5.13 Å². The summed E-state index contributed by atoms with van der Waals surface area (Å²) < 4.78 is 34.5. The number of aryl methyl sites for hydroxylation is 2. The fraction of sp³-hybridized carbons (Fsp3) is 0.200. The topological polar surface area (TPSA) is 128 Å². The number of hydrogen-bond acceptors (Lipinski definition) is 8. The SMILES string of the molecule is C[I-]C(=O)Oc1c(F)cc(CNC(=O)CCCn2c(C)nc3cc(C(=O)Nc4nc(-c5ccccn5)cs4)ccc32)cc1F. The van der Waals surface area contributed by atoms with Gasteiger partial charge in [-0.3, -0.25) is 15.1 Å². The zero-order chi connectivity index (χ0) is 31.2. The Hall–Kier alpha value is -4.31. The number of rotatable bonds is 11. The standard InChI is InChI=1S/C30H26F2IN6O4S/c1-17-36-23-14-19(28(41)38-30-37-24(16-44-30)22-6-3-4-10-34-22)8-9-25(23)39(17)11-5-7-26(40)35-15-18-12-20(31)27(21(32)13-18)43-29(42)33-2/h3-4,6,8-10,12-14,16H,5,7,11,15H2,1-2H3,(H,35,40)(H,37,38,41)/q-1. The number of thiazole rings is 1. The van der Waals surface area contributed by atoms with Gasteiger partial charge in [-0.15, -0.1) is 11.3 Å². The molecule has 0 fully saturated rings. The second kappa shape index (κ2) is 14.0. The molecule has 5 rings (SSSR count). The predicted octanol–water partition coefficient (Wildman–Crippen LogP) is 2.71. The summed E-state index contributed by atoms with van der Waals surface area (Å²) in [5.41, 5.74) is 3.51. The van der Waals surface area contributed by atoms with Crippen LogP contribution in [-0.4, -0.2) is 40.2 Å². The average molecular weight is 732 g/mol. The summed E-state index contributed by atoms with van der Waals surface area (Å²) in [5.74, 6) is -2.59. The van der Waals surface area contributed by atoms with Crippen LogP contribution >= 0.6 is 11.3 Å². The molecule has 0 aliphatic rings. The number of fused-ring (bicyclic) bond motifs is 1. The van der Waals surface area contributed by atoms with Crippen molar-refractivity contribution in [2.24, 2.45) is 0 Å². The van der Waals surface area contributed by atoms with Gasteiger partial charge in [0.25, 0.3) is 5.91 Å². The fourth-order valence-corrected chi connectivity index (χ4v) is 5.56. The number of halogens is 3. The third-order valence-electron chi connectivity index (χ3n) is 6.52. The first kappa shape index (κ1) is 31.1. The minimum atomic E-state index is -0.999. The van der Waals surface area contributed by atoms with Gasteiger partial charge in [-0.05, 0) is 37.3 Å². The van der Waals surface area contributed by atoms with Gasteiger partial charge < -0.3 is 4.57 Å². The Balaban J connectivity index is 1.14. The number of hydrogen-bond donors (Lipinski definition) is 2. The van der Waals surface area contributed by atoms with Crippen LogP contribution in [0.25, 0.3) is 22.4 Å². The summed E-state index contributed by atoms with van der Waals surface area (Å²) in [7, 11) is 0. The molecule has 0 aliphatic heterocycles. The van der Waals surface area contributed by atoms with E-state index in [0.717, 1.165) is 29.2 Å². The van der Waals surface area contributed by atoms with Crippen molar-refractivity contribution in [3.63, 3.8) is 0 Å². The zero-order valence-corrected chi connectivity index (χ0v) is 26.5. The van der Waals surface area contributed by atoms with Crippen molar-refractivity contribution in [2.75, 3.05) is 10.2 Å². The molecule has 228 valence electrons. The van der Waals surface area contributed by atoms with Gasteiger partial charge in [0, 0.05) is 17.1 Å². The second-order valence-corrected chi connectivity index (χ2v) is 12.3. The van der Waals surface area contributed by atoms with E-state index in [9.17, 15) is 23.2 Å². The maximum atomic E-state index is 14.2. The molecule has 0 bridgehead atoms. The number of ether oxygens (including phenoxy) is 1. The molecule has 0 unspecified atom stereocenters. The Morgan fingerprint density at radius 3 is 2.57 bits per heavy atom. The van der Waals surface area contributed by atoms with Crippen LogP contribution in [0.2, 0.25) is 0 Å². The number of carbonyl (C=O) groups is 3. The summed E-state index contributed by atoms with van der Waals surface area (Å²) in [6, 6.07) is 12.8. The monoisotopic (exact) mass is 731 g/mol. The number of pyridine rings is 1. The maximum absolute atomic E-state index is 14.2. The second-order valence-electron chi connectivity index (χ2n) is 9.52. The van der Waals surface area contributed by atoms with Crippen LogP contribution in [0, 0.1) is 18.6 Å². The van der Waals surface area contributed by atoms with Crippen LogP contribution in [0.15, 0.2) is 60.1 Å². The molecule has 0 radical (unpaired) electrons. The molecule has 2 N–H and O–H groups in total. The summed E-state index contributed by atoms with van der Waals surface area (Å²) in [6.45, 7) is 2.27. The van der Waals surface area contributed by atoms with Crippen LogP contribution in [-0.2, 0) is 17.9 Å². The van der Waals surface area contributed by atoms with Crippen molar-refractivity contribution >= 4 is 43.3 Å². The van der Waals surface area contributed by atoms with Crippen molar-refractivity contribution in [3.8, 4) is 17.1 Å². The van der Waals surface area contributed by atoms with Crippen molar-refractivity contribution in [1.29, 1.82) is 0 Å². The normalized spacial score (nSPS) is 11.1. The first-order valence-corrected chi connectivity index (χ1v) is 17.4. The molecular weight excluding hydrogens is 705 g/mol. The summed E-state index contributed by atoms with van der Waals surface area (Å²) in [5, 5.41) is 7.77. The number of aromatic nitrogens is 4. The van der Waals surface area contributed by atoms with Crippen molar-refractivity contribution in [3.05, 3.63) is 88.7 Å². The molecule has 3 heterocycles. The van der Waals surface area contributed by atoms with Gasteiger partial charge in [-0.25, -0.2) is 9.97 Å². The zero-order valence-electron chi connectivity index (χ0n) is 23.6. The summed E-state index contributed by atoms with van der Waals surface area (Å²) in [4.78, 5) is 51.7. The first-order valence-electron chi connectivity index (χ1n) is 13.3. The minimum absolute atomic E-state index is 0.0784. The van der Waals surface area contributed by atoms with Crippen LogP contribution in [0.3, 0.4) is 0 Å². The first-order chi connectivity index (χ1) is 21.2. The molecule has 2 amide bonds. The van der Waals surface area contributed by atoms with E-state index in [1.165, 1.54) is 11.3 Å². The van der Waals surface area contributed by atoms with Crippen LogP contribution in [0.1, 0.15) is 34.6 Å². The van der Waals surface area contributed by atoms with Crippen molar-refractivity contribution in [2.45, 2.75) is 32.9 Å². The van der Waals surface area contributed by atoms with Gasteiger partial charge in [-0.1, -0.05) is 6.07 Å². The van der Waals surface area contributed by atoms with E-state index in [4.69, 9.17) is 4.74 Å². The molecule has 0 spiro atoms. The van der Waals surface area contributed by atoms with E-state index in [-0.39, 0.29) is 30.3 Å². The number of nitrogens with one attached hydrogen (secondary N) is 2. The third-order valence-corrected chi connectivity index (χ3v) is 8.38. The Morgan fingerprint density at radius 1 is 1.05 bits per heavy atom. The number of benzene rings is 2. The summed E-state index contributed by atoms with van der Waals surface area (Å²) in [6.07, 6.45) is 2.35. The molecule has 0 aliphatic carbocycles.